The SMILES string of the molecule is N=C1CC(N(C2CC2)C2CC2)CC[C@@H]1n1cc(C(N)=O)c(Nc2ccc(S(=O)(=O)C(F)(F)F)cc2)n1. The first-order valence-electron chi connectivity index (χ1n) is 11.9. The number of carbonyl (C=O) groups is 1. The van der Waals surface area contributed by atoms with Gasteiger partial charge in [-0.2, -0.15) is 18.3 Å². The molecule has 1 heterocycles. The summed E-state index contributed by atoms with van der Waals surface area (Å²) in [5.41, 5.74) is 0.940. The molecular weight excluding hydrogens is 497 g/mol. The van der Waals surface area contributed by atoms with Crippen LogP contribution in [0.2, 0.25) is 0 Å². The summed E-state index contributed by atoms with van der Waals surface area (Å²) >= 11 is 0. The number of hydrogen-bond donors (Lipinski definition) is 3. The zero-order valence-electron chi connectivity index (χ0n) is 19.3. The molecule has 2 aromatic rings. The average Bonchev–Trinajstić information content (AvgIpc) is 3.74. The minimum atomic E-state index is -5.47. The van der Waals surface area contributed by atoms with Crippen LogP contribution >= 0.6 is 0 Å². The molecule has 1 aromatic carbocycles. The Morgan fingerprint density at radius 1 is 1.06 bits per heavy atom. The number of nitrogens with one attached hydrogen (secondary N) is 2. The molecule has 0 radical (unpaired) electrons. The molecule has 0 aliphatic heterocycles. The Bertz CT molecular complexity index is 1270. The molecule has 5 rings (SSSR count). The van der Waals surface area contributed by atoms with Gasteiger partial charge in [0.05, 0.1) is 10.9 Å². The second-order valence-electron chi connectivity index (χ2n) is 9.72. The average molecular weight is 525 g/mol. The summed E-state index contributed by atoms with van der Waals surface area (Å²) in [5, 5.41) is 16.0. The van der Waals surface area contributed by atoms with E-state index in [-0.39, 0.29) is 23.1 Å². The Balaban J connectivity index is 1.32. The molecule has 194 valence electrons. The summed E-state index contributed by atoms with van der Waals surface area (Å²) in [4.78, 5) is 13.8. The number of benzene rings is 1. The molecule has 13 heteroatoms. The highest BCUT2D eigenvalue weighted by atomic mass is 32.2. The third kappa shape index (κ3) is 4.73. The molecule has 0 bridgehead atoms. The fourth-order valence-corrected chi connectivity index (χ4v) is 5.78. The summed E-state index contributed by atoms with van der Waals surface area (Å²) in [6.07, 6.45) is 8.64. The number of alkyl halides is 3. The zero-order chi connectivity index (χ0) is 25.8. The largest absolute Gasteiger partial charge is 0.501 e. The third-order valence-electron chi connectivity index (χ3n) is 7.04. The first-order valence-corrected chi connectivity index (χ1v) is 13.4. The number of anilines is 2. The number of hydrogen-bond acceptors (Lipinski definition) is 7. The van der Waals surface area contributed by atoms with Gasteiger partial charge in [-0.15, -0.1) is 0 Å². The predicted molar refractivity (Wildman–Crippen MR) is 126 cm³/mol. The first kappa shape index (κ1) is 24.8. The minimum Gasteiger partial charge on any atom is -0.365 e. The van der Waals surface area contributed by atoms with Gasteiger partial charge in [0.1, 0.15) is 5.56 Å². The van der Waals surface area contributed by atoms with Crippen LogP contribution in [0.5, 0.6) is 0 Å². The molecule has 0 saturated heterocycles. The van der Waals surface area contributed by atoms with Crippen molar-refractivity contribution in [1.29, 1.82) is 5.41 Å². The van der Waals surface area contributed by atoms with Gasteiger partial charge in [0.25, 0.3) is 15.7 Å². The van der Waals surface area contributed by atoms with Gasteiger partial charge >= 0.3 is 5.51 Å². The summed E-state index contributed by atoms with van der Waals surface area (Å²) in [6, 6.07) is 5.28. The Morgan fingerprint density at radius 2 is 1.64 bits per heavy atom. The Kier molecular flexibility index (Phi) is 6.10. The Hall–Kier alpha value is -2.93. The van der Waals surface area contributed by atoms with Gasteiger partial charge in [-0.1, -0.05) is 0 Å². The molecule has 1 amide bonds. The molecule has 1 unspecified atom stereocenters. The lowest BCUT2D eigenvalue weighted by Gasteiger charge is -2.37. The lowest BCUT2D eigenvalue weighted by molar-refractivity contribution is -0.0436. The number of amides is 1. The van der Waals surface area contributed by atoms with Crippen LogP contribution in [0.25, 0.3) is 0 Å². The van der Waals surface area contributed by atoms with Gasteiger partial charge < -0.3 is 16.5 Å². The smallest absolute Gasteiger partial charge is 0.365 e. The fraction of sp³-hybridized carbons (Fsp3) is 0.522. The van der Waals surface area contributed by atoms with E-state index in [9.17, 15) is 26.4 Å². The van der Waals surface area contributed by atoms with Gasteiger partial charge in [-0.25, -0.2) is 8.42 Å². The van der Waals surface area contributed by atoms with Crippen molar-refractivity contribution in [1.82, 2.24) is 14.7 Å². The number of nitrogens with two attached hydrogens (primary N) is 1. The van der Waals surface area contributed by atoms with Gasteiger partial charge in [-0.05, 0) is 62.8 Å². The van der Waals surface area contributed by atoms with Crippen LogP contribution in [0, 0.1) is 5.41 Å². The van der Waals surface area contributed by atoms with E-state index in [1.54, 1.807) is 4.68 Å². The van der Waals surface area contributed by atoms with Crippen molar-refractivity contribution in [3.63, 3.8) is 0 Å². The van der Waals surface area contributed by atoms with E-state index in [1.807, 2.05) is 0 Å². The van der Waals surface area contributed by atoms with E-state index in [0.717, 1.165) is 30.7 Å². The molecule has 0 spiro atoms. The van der Waals surface area contributed by atoms with Crippen LogP contribution in [0.3, 0.4) is 0 Å². The van der Waals surface area contributed by atoms with Crippen molar-refractivity contribution in [3.8, 4) is 0 Å². The second-order valence-corrected chi connectivity index (χ2v) is 11.7. The number of aromatic nitrogens is 2. The van der Waals surface area contributed by atoms with Crippen LogP contribution < -0.4 is 11.1 Å². The first-order chi connectivity index (χ1) is 17.0. The summed E-state index contributed by atoms with van der Waals surface area (Å²) < 4.78 is 63.1. The van der Waals surface area contributed by atoms with Gasteiger partial charge in [0.15, 0.2) is 5.82 Å². The molecule has 4 N–H and O–H groups in total. The number of rotatable bonds is 8. The lowest BCUT2D eigenvalue weighted by Crippen LogP contribution is -2.44. The zero-order valence-corrected chi connectivity index (χ0v) is 20.1. The van der Waals surface area contributed by atoms with Crippen LogP contribution in [0.15, 0.2) is 35.4 Å². The van der Waals surface area contributed by atoms with Crippen molar-refractivity contribution in [3.05, 3.63) is 36.0 Å². The van der Waals surface area contributed by atoms with Crippen molar-refractivity contribution in [2.24, 2.45) is 5.73 Å². The minimum absolute atomic E-state index is 0.0644. The molecule has 3 aliphatic carbocycles. The van der Waals surface area contributed by atoms with Gasteiger partial charge in [-0.3, -0.25) is 14.4 Å². The van der Waals surface area contributed by atoms with E-state index in [0.29, 0.717) is 36.7 Å². The molecule has 3 saturated carbocycles. The van der Waals surface area contributed by atoms with E-state index >= 15 is 0 Å². The number of carbonyl (C=O) groups excluding carboxylic acids is 1. The Morgan fingerprint density at radius 3 is 2.14 bits per heavy atom. The van der Waals surface area contributed by atoms with Gasteiger partial charge in [0.2, 0.25) is 0 Å². The van der Waals surface area contributed by atoms with Crippen molar-refractivity contribution >= 4 is 33.0 Å². The maximum absolute atomic E-state index is 12.8. The molecule has 3 fully saturated rings. The number of primary amides is 1. The molecule has 1 aromatic heterocycles. The van der Waals surface area contributed by atoms with Gasteiger partial charge in [0, 0.05) is 42.1 Å². The van der Waals surface area contributed by atoms with Crippen molar-refractivity contribution in [2.45, 2.75) is 79.5 Å². The van der Waals surface area contributed by atoms with E-state index in [1.165, 1.54) is 31.9 Å². The van der Waals surface area contributed by atoms with E-state index in [2.05, 4.69) is 15.3 Å². The monoisotopic (exact) mass is 524 g/mol. The topological polar surface area (TPSA) is 134 Å². The molecular formula is C23H27F3N6O3S. The highest BCUT2D eigenvalue weighted by molar-refractivity contribution is 7.92. The fourth-order valence-electron chi connectivity index (χ4n) is 5.01. The molecule has 36 heavy (non-hydrogen) atoms. The van der Waals surface area contributed by atoms with E-state index < -0.39 is 26.1 Å². The molecule has 9 nitrogen and oxygen atoms in total. The third-order valence-corrected chi connectivity index (χ3v) is 8.54. The van der Waals surface area contributed by atoms with Crippen LogP contribution in [-0.4, -0.2) is 58.4 Å². The lowest BCUT2D eigenvalue weighted by atomic mass is 9.88. The highest BCUT2D eigenvalue weighted by Crippen LogP contribution is 2.43. The highest BCUT2D eigenvalue weighted by Gasteiger charge is 2.47. The van der Waals surface area contributed by atoms with E-state index in [4.69, 9.17) is 11.1 Å². The standard InChI is InChI=1S/C23H27F3N6O3S/c24-23(25,26)36(34,35)17-8-1-13(2-9-17)29-22-18(21(28)33)12-31(30-22)20-10-7-16(11-19(20)27)32(14-3-4-14)15-5-6-15/h1-2,8-9,12,14-16,20,27H,3-7,10-11H2,(H2,28,33)(H,29,30)/t16?,20-/m0/s1. The second kappa shape index (κ2) is 8.87. The van der Waals surface area contributed by atoms with Crippen LogP contribution in [-0.2, 0) is 9.84 Å². The normalized spacial score (nSPS) is 23.2. The van der Waals surface area contributed by atoms with Crippen molar-refractivity contribution < 1.29 is 26.4 Å². The predicted octanol–water partition coefficient (Wildman–Crippen LogP) is 3.76. The maximum atomic E-state index is 12.8. The number of sulfone groups is 1. The Labute approximate surface area is 206 Å². The van der Waals surface area contributed by atoms with Crippen LogP contribution in [0.1, 0.15) is 61.3 Å². The number of nitrogens with zero attached hydrogens (tertiary/aromatic N) is 3. The van der Waals surface area contributed by atoms with Crippen molar-refractivity contribution in [2.75, 3.05) is 5.32 Å². The quantitative estimate of drug-likeness (QED) is 0.481. The summed E-state index contributed by atoms with van der Waals surface area (Å²) in [6.45, 7) is 0. The summed E-state index contributed by atoms with van der Waals surface area (Å²) in [7, 11) is -5.47. The van der Waals surface area contributed by atoms with Crippen LogP contribution in [0.4, 0.5) is 24.7 Å². The number of halogens is 3. The summed E-state index contributed by atoms with van der Waals surface area (Å²) in [5.74, 6) is -0.671. The molecule has 2 atom stereocenters. The molecule has 3 aliphatic rings. The maximum Gasteiger partial charge on any atom is 0.501 e.